The van der Waals surface area contributed by atoms with Crippen LogP contribution in [-0.2, 0) is 11.2 Å². The van der Waals surface area contributed by atoms with Gasteiger partial charge in [-0.1, -0.05) is 30.3 Å². The van der Waals surface area contributed by atoms with E-state index in [1.807, 2.05) is 42.7 Å². The number of aromatic nitrogens is 2. The molecule has 1 saturated heterocycles. The monoisotopic (exact) mass is 330 g/mol. The van der Waals surface area contributed by atoms with Gasteiger partial charge in [0.15, 0.2) is 5.82 Å². The van der Waals surface area contributed by atoms with Gasteiger partial charge in [0.2, 0.25) is 0 Å². The number of aryl methyl sites for hydroxylation is 1. The second-order valence-electron chi connectivity index (χ2n) is 6.05. The van der Waals surface area contributed by atoms with Crippen molar-refractivity contribution in [2.24, 2.45) is 0 Å². The predicted molar refractivity (Wildman–Crippen MR) is 88.9 cm³/mol. The first-order valence-corrected chi connectivity index (χ1v) is 8.11. The zero-order valence-corrected chi connectivity index (χ0v) is 13.4. The van der Waals surface area contributed by atoms with E-state index < -0.39 is 6.11 Å². The fourth-order valence-corrected chi connectivity index (χ4v) is 2.79. The summed E-state index contributed by atoms with van der Waals surface area (Å²) in [5, 5.41) is 0. The number of allylic oxidation sites excluding steroid dienone is 1. The Morgan fingerprint density at radius 3 is 2.50 bits per heavy atom. The zero-order chi connectivity index (χ0) is 17.0. The molecule has 24 heavy (non-hydrogen) atoms. The van der Waals surface area contributed by atoms with Crippen molar-refractivity contribution in [3.05, 3.63) is 60.4 Å². The molecule has 0 aliphatic carbocycles. The van der Waals surface area contributed by atoms with Crippen LogP contribution in [0.1, 0.15) is 36.3 Å². The molecular formula is C19H20F2N2O. The topological polar surface area (TPSA) is 35.0 Å². The minimum Gasteiger partial charge on any atom is -0.320 e. The molecule has 1 aromatic carbocycles. The molecule has 0 N–H and O–H groups in total. The normalized spacial score (nSPS) is 19.8. The molecule has 126 valence electrons. The number of hydrogen-bond acceptors (Lipinski definition) is 3. The Hall–Kier alpha value is -2.14. The van der Waals surface area contributed by atoms with Crippen molar-refractivity contribution in [2.45, 2.75) is 37.7 Å². The molecule has 0 bridgehead atoms. The van der Waals surface area contributed by atoms with E-state index in [4.69, 9.17) is 0 Å². The minimum absolute atomic E-state index is 0.0147. The molecule has 1 fully saturated rings. The highest BCUT2D eigenvalue weighted by Crippen LogP contribution is 2.35. The van der Waals surface area contributed by atoms with Crippen LogP contribution in [0.4, 0.5) is 8.78 Å². The third-order valence-corrected chi connectivity index (χ3v) is 4.26. The smallest absolute Gasteiger partial charge is 0.320 e. The summed E-state index contributed by atoms with van der Waals surface area (Å²) in [6.45, 7) is 3.76. The van der Waals surface area contributed by atoms with Gasteiger partial charge in [-0.15, -0.1) is 6.58 Å². The van der Waals surface area contributed by atoms with Gasteiger partial charge in [0.05, 0.1) is 6.61 Å². The maximum absolute atomic E-state index is 13.0. The molecule has 1 atom stereocenters. The molecule has 0 saturated carbocycles. The lowest BCUT2D eigenvalue weighted by Crippen LogP contribution is -2.30. The summed E-state index contributed by atoms with van der Waals surface area (Å²) in [7, 11) is 0. The van der Waals surface area contributed by atoms with Gasteiger partial charge in [0.25, 0.3) is 0 Å². The van der Waals surface area contributed by atoms with Crippen LogP contribution >= 0.6 is 0 Å². The van der Waals surface area contributed by atoms with Crippen LogP contribution in [0.25, 0.3) is 11.4 Å². The zero-order valence-electron chi connectivity index (χ0n) is 13.4. The van der Waals surface area contributed by atoms with Gasteiger partial charge >= 0.3 is 6.11 Å². The van der Waals surface area contributed by atoms with Crippen molar-refractivity contribution < 1.29 is 13.5 Å². The van der Waals surface area contributed by atoms with E-state index >= 15 is 0 Å². The Morgan fingerprint density at radius 1 is 1.21 bits per heavy atom. The van der Waals surface area contributed by atoms with Gasteiger partial charge in [-0.3, -0.25) is 0 Å². The number of ether oxygens (including phenoxy) is 1. The average molecular weight is 330 g/mol. The summed E-state index contributed by atoms with van der Waals surface area (Å²) in [6, 6.07) is 7.76. The molecular weight excluding hydrogens is 310 g/mol. The maximum Gasteiger partial charge on any atom is 0.355 e. The number of rotatable bonds is 5. The van der Waals surface area contributed by atoms with E-state index in [0.717, 1.165) is 29.5 Å². The van der Waals surface area contributed by atoms with E-state index in [9.17, 15) is 8.78 Å². The largest absolute Gasteiger partial charge is 0.355 e. The number of nitrogens with zero attached hydrogens (tertiary/aromatic N) is 2. The quantitative estimate of drug-likeness (QED) is 0.742. The fourth-order valence-electron chi connectivity index (χ4n) is 2.79. The van der Waals surface area contributed by atoms with Crippen molar-refractivity contribution in [3.63, 3.8) is 0 Å². The summed E-state index contributed by atoms with van der Waals surface area (Å²) >= 11 is 0. The summed E-state index contributed by atoms with van der Waals surface area (Å²) in [6.07, 6.45) is 4.55. The molecule has 0 radical (unpaired) electrons. The second-order valence-corrected chi connectivity index (χ2v) is 6.05. The SMILES string of the molecule is C=CCCc1cnc(-c2ccc(C3CCC(F)(F)OC3)cc2)nc1. The van der Waals surface area contributed by atoms with Crippen LogP contribution in [0, 0.1) is 0 Å². The Balaban J connectivity index is 1.67. The molecule has 1 aliphatic heterocycles. The molecule has 2 aromatic rings. The molecule has 3 nitrogen and oxygen atoms in total. The Kier molecular flexibility index (Phi) is 5.00. The highest BCUT2D eigenvalue weighted by Gasteiger charge is 2.36. The Bertz CT molecular complexity index is 674. The van der Waals surface area contributed by atoms with Crippen molar-refractivity contribution in [1.82, 2.24) is 9.97 Å². The van der Waals surface area contributed by atoms with E-state index in [-0.39, 0.29) is 18.9 Å². The van der Waals surface area contributed by atoms with Crippen LogP contribution in [0.3, 0.4) is 0 Å². The standard InChI is InChI=1S/C19H20F2N2O/c1-2-3-4-14-11-22-18(23-12-14)16-7-5-15(6-8-16)17-9-10-19(20,21)24-13-17/h2,5-8,11-12,17H,1,3-4,9-10,13H2. The highest BCUT2D eigenvalue weighted by molar-refractivity contribution is 5.55. The Labute approximate surface area is 140 Å². The molecule has 0 amide bonds. The van der Waals surface area contributed by atoms with Gasteiger partial charge in [0, 0.05) is 30.3 Å². The van der Waals surface area contributed by atoms with Crippen LogP contribution in [0.15, 0.2) is 49.3 Å². The minimum atomic E-state index is -2.97. The molecule has 3 rings (SSSR count). The van der Waals surface area contributed by atoms with Crippen LogP contribution in [0.2, 0.25) is 0 Å². The molecule has 5 heteroatoms. The van der Waals surface area contributed by atoms with E-state index in [0.29, 0.717) is 12.2 Å². The Morgan fingerprint density at radius 2 is 1.92 bits per heavy atom. The number of halogens is 2. The molecule has 1 aromatic heterocycles. The van der Waals surface area contributed by atoms with Crippen LogP contribution in [-0.4, -0.2) is 22.7 Å². The lowest BCUT2D eigenvalue weighted by molar-refractivity contribution is -0.261. The van der Waals surface area contributed by atoms with Crippen LogP contribution in [0.5, 0.6) is 0 Å². The second kappa shape index (κ2) is 7.18. The molecule has 2 heterocycles. The number of alkyl halides is 2. The van der Waals surface area contributed by atoms with Gasteiger partial charge in [0.1, 0.15) is 0 Å². The molecule has 0 spiro atoms. The van der Waals surface area contributed by atoms with E-state index in [1.165, 1.54) is 0 Å². The molecule has 1 aliphatic rings. The highest BCUT2D eigenvalue weighted by atomic mass is 19.3. The summed E-state index contributed by atoms with van der Waals surface area (Å²) in [5.74, 6) is 0.677. The van der Waals surface area contributed by atoms with E-state index in [2.05, 4.69) is 21.3 Å². The summed E-state index contributed by atoms with van der Waals surface area (Å²) in [4.78, 5) is 8.79. The van der Waals surface area contributed by atoms with Gasteiger partial charge in [-0.05, 0) is 30.4 Å². The third-order valence-electron chi connectivity index (χ3n) is 4.26. The van der Waals surface area contributed by atoms with Crippen LogP contribution < -0.4 is 0 Å². The van der Waals surface area contributed by atoms with Gasteiger partial charge in [-0.25, -0.2) is 9.97 Å². The van der Waals surface area contributed by atoms with Crippen molar-refractivity contribution in [1.29, 1.82) is 0 Å². The lowest BCUT2D eigenvalue weighted by Gasteiger charge is -2.28. The average Bonchev–Trinajstić information content (AvgIpc) is 2.61. The first kappa shape index (κ1) is 16.7. The lowest BCUT2D eigenvalue weighted by atomic mass is 9.92. The van der Waals surface area contributed by atoms with Gasteiger partial charge in [-0.2, -0.15) is 8.78 Å². The number of hydrogen-bond donors (Lipinski definition) is 0. The first-order valence-electron chi connectivity index (χ1n) is 8.11. The summed E-state index contributed by atoms with van der Waals surface area (Å²) < 4.78 is 30.7. The number of benzene rings is 1. The van der Waals surface area contributed by atoms with Crippen molar-refractivity contribution >= 4 is 0 Å². The summed E-state index contributed by atoms with van der Waals surface area (Å²) in [5.41, 5.74) is 3.00. The fraction of sp³-hybridized carbons (Fsp3) is 0.368. The van der Waals surface area contributed by atoms with Crippen molar-refractivity contribution in [2.75, 3.05) is 6.61 Å². The van der Waals surface area contributed by atoms with E-state index in [1.54, 1.807) is 0 Å². The maximum atomic E-state index is 13.0. The predicted octanol–water partition coefficient (Wildman–Crippen LogP) is 4.75. The van der Waals surface area contributed by atoms with Crippen molar-refractivity contribution in [3.8, 4) is 11.4 Å². The third kappa shape index (κ3) is 4.03. The van der Waals surface area contributed by atoms with Gasteiger partial charge < -0.3 is 4.74 Å². The molecule has 1 unspecified atom stereocenters. The first-order chi connectivity index (χ1) is 11.6.